The van der Waals surface area contributed by atoms with Crippen molar-refractivity contribution in [1.82, 2.24) is 0 Å². The molecule has 2 bridgehead atoms. The van der Waals surface area contributed by atoms with Crippen molar-refractivity contribution in [2.45, 2.75) is 55.9 Å². The van der Waals surface area contributed by atoms with Crippen molar-refractivity contribution in [3.05, 3.63) is 29.8 Å². The fourth-order valence-corrected chi connectivity index (χ4v) is 6.15. The first-order chi connectivity index (χ1) is 11.0. The minimum Gasteiger partial charge on any atom is -0.380 e. The zero-order chi connectivity index (χ0) is 15.9. The van der Waals surface area contributed by atoms with E-state index in [-0.39, 0.29) is 0 Å². The van der Waals surface area contributed by atoms with E-state index in [0.717, 1.165) is 36.4 Å². The maximum absolute atomic E-state index is 11.7. The van der Waals surface area contributed by atoms with Crippen LogP contribution in [0.4, 0.5) is 5.69 Å². The molecule has 0 aromatic heterocycles. The summed E-state index contributed by atoms with van der Waals surface area (Å²) in [5, 5.41) is 15.2. The van der Waals surface area contributed by atoms with Crippen LogP contribution in [0.3, 0.4) is 0 Å². The molecule has 0 radical (unpaired) electrons. The summed E-state index contributed by atoms with van der Waals surface area (Å²) in [5.41, 5.74) is 6.65. The zero-order valence-corrected chi connectivity index (χ0v) is 13.7. The number of para-hydroxylation sites is 1. The molecular weight excluding hydrogens is 288 g/mol. The molecular formula is C19H26N2O2. The monoisotopic (exact) mass is 314 g/mol. The zero-order valence-electron chi connectivity index (χ0n) is 13.7. The van der Waals surface area contributed by atoms with E-state index >= 15 is 0 Å². The Morgan fingerprint density at radius 2 is 2.13 bits per heavy atom. The number of rotatable bonds is 1. The van der Waals surface area contributed by atoms with E-state index in [1.807, 2.05) is 24.3 Å². The van der Waals surface area contributed by atoms with Gasteiger partial charge in [0.05, 0.1) is 12.1 Å². The van der Waals surface area contributed by atoms with Crippen LogP contribution < -0.4 is 11.1 Å². The molecule has 2 heterocycles. The second-order valence-corrected chi connectivity index (χ2v) is 8.30. The summed E-state index contributed by atoms with van der Waals surface area (Å²) in [6.45, 7) is 2.91. The predicted molar refractivity (Wildman–Crippen MR) is 88.8 cm³/mol. The van der Waals surface area contributed by atoms with Crippen molar-refractivity contribution in [3.8, 4) is 0 Å². The van der Waals surface area contributed by atoms with Crippen molar-refractivity contribution < 1.29 is 9.84 Å². The number of ether oxygens (including phenoxy) is 1. The van der Waals surface area contributed by atoms with Crippen molar-refractivity contribution in [1.29, 1.82) is 0 Å². The quantitative estimate of drug-likeness (QED) is 0.745. The van der Waals surface area contributed by atoms with Crippen LogP contribution >= 0.6 is 0 Å². The number of aliphatic hydroxyl groups is 1. The minimum atomic E-state index is -1.01. The Morgan fingerprint density at radius 3 is 2.87 bits per heavy atom. The van der Waals surface area contributed by atoms with Gasteiger partial charge in [0.1, 0.15) is 5.60 Å². The molecule has 4 nitrogen and oxygen atoms in total. The number of hydrogen-bond donors (Lipinski definition) is 3. The smallest absolute Gasteiger partial charge is 0.190 e. The summed E-state index contributed by atoms with van der Waals surface area (Å²) in [4.78, 5) is 0. The topological polar surface area (TPSA) is 67.5 Å². The van der Waals surface area contributed by atoms with Gasteiger partial charge in [-0.1, -0.05) is 25.1 Å². The number of fused-ring (bicyclic) bond motifs is 7. The number of nitrogens with two attached hydrogens (primary N) is 1. The van der Waals surface area contributed by atoms with Gasteiger partial charge in [-0.2, -0.15) is 0 Å². The van der Waals surface area contributed by atoms with Crippen molar-refractivity contribution in [3.63, 3.8) is 0 Å². The van der Waals surface area contributed by atoms with Gasteiger partial charge < -0.3 is 20.9 Å². The third-order valence-electron chi connectivity index (χ3n) is 7.38. The summed E-state index contributed by atoms with van der Waals surface area (Å²) in [7, 11) is 0. The SMILES string of the molecule is C[C@H]1C[C@@H]2CC[C@H]1C[C@@]2(N)[C@@]12Nc3ccccc3[C@]1(O)CCO2. The third kappa shape index (κ3) is 1.49. The first-order valence-electron chi connectivity index (χ1n) is 9.03. The molecule has 1 aromatic carbocycles. The van der Waals surface area contributed by atoms with E-state index in [0.29, 0.717) is 24.9 Å². The third-order valence-corrected chi connectivity index (χ3v) is 7.38. The Bertz CT molecular complexity index is 665. The molecule has 0 amide bonds. The summed E-state index contributed by atoms with van der Waals surface area (Å²) in [5.74, 6) is 1.80. The van der Waals surface area contributed by atoms with Gasteiger partial charge in [-0.05, 0) is 49.5 Å². The van der Waals surface area contributed by atoms with Crippen LogP contribution in [-0.2, 0) is 10.3 Å². The molecule has 4 fully saturated rings. The molecule has 23 heavy (non-hydrogen) atoms. The van der Waals surface area contributed by atoms with E-state index in [1.165, 1.54) is 6.42 Å². The van der Waals surface area contributed by atoms with Crippen LogP contribution in [0.1, 0.15) is 44.6 Å². The fraction of sp³-hybridized carbons (Fsp3) is 0.684. The van der Waals surface area contributed by atoms with Crippen molar-refractivity contribution >= 4 is 5.69 Å². The van der Waals surface area contributed by atoms with Crippen LogP contribution in [0.25, 0.3) is 0 Å². The van der Waals surface area contributed by atoms with Crippen LogP contribution in [0.5, 0.6) is 0 Å². The number of anilines is 1. The minimum absolute atomic E-state index is 0.411. The highest BCUT2D eigenvalue weighted by molar-refractivity contribution is 5.64. The second kappa shape index (κ2) is 4.29. The van der Waals surface area contributed by atoms with E-state index in [1.54, 1.807) is 0 Å². The van der Waals surface area contributed by atoms with Crippen LogP contribution in [0.15, 0.2) is 24.3 Å². The molecule has 6 atom stereocenters. The number of benzene rings is 1. The highest BCUT2D eigenvalue weighted by Crippen LogP contribution is 2.63. The largest absolute Gasteiger partial charge is 0.380 e. The molecule has 4 heteroatoms. The standard InChI is InChI=1S/C19H26N2O2/c1-12-10-14-7-6-13(12)11-17(14,20)19-18(22,8-9-23-19)15-4-2-3-5-16(15)21-19/h2-5,12-14,21-22H,6-11,20H2,1H3/t12-,13-,14-,17-,18+,19-/m0/s1. The number of hydrogen-bond acceptors (Lipinski definition) is 4. The Hall–Kier alpha value is -1.10. The molecule has 1 aromatic rings. The van der Waals surface area contributed by atoms with Gasteiger partial charge in [0.15, 0.2) is 5.72 Å². The van der Waals surface area contributed by atoms with E-state index in [2.05, 4.69) is 12.2 Å². The Morgan fingerprint density at radius 1 is 1.30 bits per heavy atom. The first kappa shape index (κ1) is 14.3. The van der Waals surface area contributed by atoms with E-state index < -0.39 is 16.9 Å². The maximum Gasteiger partial charge on any atom is 0.190 e. The molecule has 124 valence electrons. The van der Waals surface area contributed by atoms with Gasteiger partial charge in [0, 0.05) is 17.7 Å². The van der Waals surface area contributed by atoms with Gasteiger partial charge in [-0.25, -0.2) is 0 Å². The lowest BCUT2D eigenvalue weighted by atomic mass is 9.52. The Kier molecular flexibility index (Phi) is 2.66. The molecule has 5 aliphatic rings. The molecule has 1 saturated heterocycles. The first-order valence-corrected chi connectivity index (χ1v) is 9.03. The average molecular weight is 314 g/mol. The van der Waals surface area contributed by atoms with Crippen LogP contribution in [0, 0.1) is 17.8 Å². The van der Waals surface area contributed by atoms with Crippen LogP contribution in [-0.4, -0.2) is 23.0 Å². The molecule has 2 aliphatic heterocycles. The van der Waals surface area contributed by atoms with Crippen LogP contribution in [0.2, 0.25) is 0 Å². The van der Waals surface area contributed by atoms with E-state index in [9.17, 15) is 5.11 Å². The summed E-state index contributed by atoms with van der Waals surface area (Å²) in [6.07, 6.45) is 5.14. The normalized spacial score (nSPS) is 50.5. The molecule has 3 saturated carbocycles. The fourth-order valence-electron chi connectivity index (χ4n) is 6.15. The average Bonchev–Trinajstić information content (AvgIpc) is 3.00. The van der Waals surface area contributed by atoms with E-state index in [4.69, 9.17) is 10.5 Å². The lowest BCUT2D eigenvalue weighted by Gasteiger charge is -2.60. The van der Waals surface area contributed by atoms with Gasteiger partial charge in [0.25, 0.3) is 0 Å². The molecule has 0 unspecified atom stereocenters. The van der Waals surface area contributed by atoms with Gasteiger partial charge in [-0.3, -0.25) is 0 Å². The van der Waals surface area contributed by atoms with Gasteiger partial charge >= 0.3 is 0 Å². The lowest BCUT2D eigenvalue weighted by Crippen LogP contribution is -2.76. The molecule has 3 aliphatic carbocycles. The lowest BCUT2D eigenvalue weighted by molar-refractivity contribution is -0.182. The maximum atomic E-state index is 11.7. The molecule has 0 spiro atoms. The summed E-state index contributed by atoms with van der Waals surface area (Å²) >= 11 is 0. The van der Waals surface area contributed by atoms with Crippen molar-refractivity contribution in [2.24, 2.45) is 23.5 Å². The van der Waals surface area contributed by atoms with Gasteiger partial charge in [-0.15, -0.1) is 0 Å². The molecule has 6 rings (SSSR count). The van der Waals surface area contributed by atoms with Crippen molar-refractivity contribution in [2.75, 3.05) is 11.9 Å². The second-order valence-electron chi connectivity index (χ2n) is 8.30. The number of nitrogens with one attached hydrogen (secondary N) is 1. The van der Waals surface area contributed by atoms with Gasteiger partial charge in [0.2, 0.25) is 0 Å². The Labute approximate surface area is 137 Å². The Balaban J connectivity index is 1.65. The summed E-state index contributed by atoms with van der Waals surface area (Å²) < 4.78 is 6.29. The highest BCUT2D eigenvalue weighted by atomic mass is 16.5. The molecule has 4 N–H and O–H groups in total. The highest BCUT2D eigenvalue weighted by Gasteiger charge is 2.73. The predicted octanol–water partition coefficient (Wildman–Crippen LogP) is 2.57. The summed E-state index contributed by atoms with van der Waals surface area (Å²) in [6, 6.07) is 8.04.